The predicted octanol–water partition coefficient (Wildman–Crippen LogP) is 0.397. The smallest absolute Gasteiger partial charge is 0.275 e. The monoisotopic (exact) mass is 287 g/mol. The topological polar surface area (TPSA) is 104 Å². The van der Waals surface area contributed by atoms with Crippen LogP contribution < -0.4 is 5.32 Å². The molecule has 0 aromatic heterocycles. The SMILES string of the molecule is CC1OC(O)N=C1C1=NC(=Cc2ccc(O)cc2)C(=O)N1. The summed E-state index contributed by atoms with van der Waals surface area (Å²) in [5, 5.41) is 21.1. The summed E-state index contributed by atoms with van der Waals surface area (Å²) in [6.07, 6.45) is -0.0639. The van der Waals surface area contributed by atoms with E-state index in [1.54, 1.807) is 25.1 Å². The normalized spacial score (nSPS) is 26.8. The molecule has 2 aliphatic heterocycles. The molecule has 0 fully saturated rings. The number of hydrogen-bond acceptors (Lipinski definition) is 6. The van der Waals surface area contributed by atoms with Crippen LogP contribution >= 0.6 is 0 Å². The van der Waals surface area contributed by atoms with Gasteiger partial charge in [-0.15, -0.1) is 0 Å². The van der Waals surface area contributed by atoms with Gasteiger partial charge in [-0.05, 0) is 30.7 Å². The largest absolute Gasteiger partial charge is 0.508 e. The molecule has 0 radical (unpaired) electrons. The molecule has 3 N–H and O–H groups in total. The van der Waals surface area contributed by atoms with E-state index in [1.807, 2.05) is 0 Å². The summed E-state index contributed by atoms with van der Waals surface area (Å²) in [5.41, 5.74) is 1.37. The van der Waals surface area contributed by atoms with E-state index in [0.29, 0.717) is 5.71 Å². The van der Waals surface area contributed by atoms with E-state index < -0.39 is 12.5 Å². The molecule has 0 bridgehead atoms. The van der Waals surface area contributed by atoms with Crippen LogP contribution in [0.4, 0.5) is 0 Å². The van der Waals surface area contributed by atoms with Crippen molar-refractivity contribution in [2.24, 2.45) is 9.98 Å². The van der Waals surface area contributed by atoms with Crippen molar-refractivity contribution in [2.45, 2.75) is 19.4 Å². The number of amidine groups is 1. The first kappa shape index (κ1) is 13.5. The molecule has 1 aromatic carbocycles. The highest BCUT2D eigenvalue weighted by molar-refractivity contribution is 6.48. The molecular weight excluding hydrogens is 274 g/mol. The molecule has 1 aromatic rings. The average molecular weight is 287 g/mol. The van der Waals surface area contributed by atoms with E-state index in [2.05, 4.69) is 15.3 Å². The number of carbonyl (C=O) groups is 1. The molecule has 3 rings (SSSR count). The maximum Gasteiger partial charge on any atom is 0.275 e. The number of amides is 1. The van der Waals surface area contributed by atoms with Crippen molar-refractivity contribution in [3.05, 3.63) is 35.5 Å². The molecule has 0 spiro atoms. The maximum atomic E-state index is 11.9. The highest BCUT2D eigenvalue weighted by Gasteiger charge is 2.32. The fraction of sp³-hybridized carbons (Fsp3) is 0.214. The summed E-state index contributed by atoms with van der Waals surface area (Å²) in [4.78, 5) is 20.0. The molecule has 1 amide bonds. The number of phenols is 1. The molecule has 7 nitrogen and oxygen atoms in total. The third-order valence-electron chi connectivity index (χ3n) is 3.10. The first-order valence-electron chi connectivity index (χ1n) is 6.35. The zero-order valence-corrected chi connectivity index (χ0v) is 11.1. The number of aliphatic hydroxyl groups excluding tert-OH is 1. The van der Waals surface area contributed by atoms with Crippen molar-refractivity contribution >= 4 is 23.5 Å². The van der Waals surface area contributed by atoms with Crippen LogP contribution in [0.3, 0.4) is 0 Å². The second-order valence-corrected chi connectivity index (χ2v) is 4.65. The van der Waals surface area contributed by atoms with Gasteiger partial charge in [0, 0.05) is 0 Å². The highest BCUT2D eigenvalue weighted by atomic mass is 16.6. The van der Waals surface area contributed by atoms with Gasteiger partial charge in [0.2, 0.25) is 0 Å². The number of phenolic OH excluding ortho intramolecular Hbond substituents is 1. The second kappa shape index (κ2) is 5.12. The summed E-state index contributed by atoms with van der Waals surface area (Å²) in [5.74, 6) is 0.0842. The van der Waals surface area contributed by atoms with Crippen LogP contribution in [0.25, 0.3) is 6.08 Å². The number of benzene rings is 1. The molecule has 108 valence electrons. The fourth-order valence-electron chi connectivity index (χ4n) is 2.07. The van der Waals surface area contributed by atoms with Gasteiger partial charge >= 0.3 is 0 Å². The molecule has 7 heteroatoms. The van der Waals surface area contributed by atoms with Crippen LogP contribution in [0.1, 0.15) is 12.5 Å². The van der Waals surface area contributed by atoms with E-state index in [0.717, 1.165) is 5.56 Å². The lowest BCUT2D eigenvalue weighted by Crippen LogP contribution is -2.35. The van der Waals surface area contributed by atoms with Crippen molar-refractivity contribution in [1.82, 2.24) is 5.32 Å². The van der Waals surface area contributed by atoms with Gasteiger partial charge in [0.1, 0.15) is 23.3 Å². The predicted molar refractivity (Wildman–Crippen MR) is 75.7 cm³/mol. The van der Waals surface area contributed by atoms with Gasteiger partial charge in [0.25, 0.3) is 12.3 Å². The van der Waals surface area contributed by atoms with Crippen LogP contribution in [0.15, 0.2) is 39.9 Å². The number of aliphatic imine (C=N–C) groups is 2. The molecule has 0 aliphatic carbocycles. The number of aromatic hydroxyl groups is 1. The molecular formula is C14H13N3O4. The van der Waals surface area contributed by atoms with Crippen molar-refractivity contribution in [3.63, 3.8) is 0 Å². The number of ether oxygens (including phenoxy) is 1. The van der Waals surface area contributed by atoms with Crippen LogP contribution in [0.2, 0.25) is 0 Å². The summed E-state index contributed by atoms with van der Waals surface area (Å²) < 4.78 is 5.06. The van der Waals surface area contributed by atoms with Crippen molar-refractivity contribution in [2.75, 3.05) is 0 Å². The molecule has 0 saturated carbocycles. The van der Waals surface area contributed by atoms with Gasteiger partial charge < -0.3 is 20.3 Å². The molecule has 2 atom stereocenters. The Morgan fingerprint density at radius 1 is 1.33 bits per heavy atom. The Kier molecular flexibility index (Phi) is 3.28. The van der Waals surface area contributed by atoms with Crippen molar-refractivity contribution in [3.8, 4) is 5.75 Å². The minimum absolute atomic E-state index is 0.150. The highest BCUT2D eigenvalue weighted by Crippen LogP contribution is 2.18. The molecule has 2 heterocycles. The van der Waals surface area contributed by atoms with Crippen molar-refractivity contribution in [1.29, 1.82) is 0 Å². The Morgan fingerprint density at radius 3 is 2.67 bits per heavy atom. The number of aliphatic hydroxyl groups is 1. The Balaban J connectivity index is 1.89. The van der Waals surface area contributed by atoms with Crippen LogP contribution in [-0.2, 0) is 9.53 Å². The number of hydrogen-bond donors (Lipinski definition) is 3. The molecule has 2 aliphatic rings. The number of nitrogens with one attached hydrogen (secondary N) is 1. The minimum Gasteiger partial charge on any atom is -0.508 e. The molecule has 0 saturated heterocycles. The second-order valence-electron chi connectivity index (χ2n) is 4.65. The number of nitrogens with zero attached hydrogens (tertiary/aromatic N) is 2. The van der Waals surface area contributed by atoms with Crippen LogP contribution in [0.5, 0.6) is 5.75 Å². The van der Waals surface area contributed by atoms with Crippen molar-refractivity contribution < 1.29 is 19.7 Å². The van der Waals surface area contributed by atoms with Crippen LogP contribution in [-0.4, -0.2) is 40.2 Å². The van der Waals surface area contributed by atoms with E-state index in [-0.39, 0.29) is 23.2 Å². The third kappa shape index (κ3) is 2.69. The van der Waals surface area contributed by atoms with Gasteiger partial charge in [-0.25, -0.2) is 9.98 Å². The Hall–Kier alpha value is -2.51. The lowest BCUT2D eigenvalue weighted by Gasteiger charge is -2.05. The van der Waals surface area contributed by atoms with E-state index in [4.69, 9.17) is 4.74 Å². The van der Waals surface area contributed by atoms with Gasteiger partial charge in [-0.1, -0.05) is 12.1 Å². The molecule has 21 heavy (non-hydrogen) atoms. The summed E-state index contributed by atoms with van der Waals surface area (Å²) in [6.45, 7) is 1.71. The van der Waals surface area contributed by atoms with Gasteiger partial charge in [0.05, 0.1) is 0 Å². The first-order chi connectivity index (χ1) is 10.0. The first-order valence-corrected chi connectivity index (χ1v) is 6.35. The minimum atomic E-state index is -1.22. The zero-order chi connectivity index (χ0) is 15.0. The quantitative estimate of drug-likeness (QED) is 0.685. The molecule has 2 unspecified atom stereocenters. The van der Waals surface area contributed by atoms with E-state index in [9.17, 15) is 15.0 Å². The summed E-state index contributed by atoms with van der Waals surface area (Å²) >= 11 is 0. The summed E-state index contributed by atoms with van der Waals surface area (Å²) in [7, 11) is 0. The van der Waals surface area contributed by atoms with Crippen LogP contribution in [0, 0.1) is 0 Å². The summed E-state index contributed by atoms with van der Waals surface area (Å²) in [6, 6.07) is 6.39. The standard InChI is InChI=1S/C14H13N3O4/c1-7-11(16-14(20)21-7)12-15-10(13(19)17-12)6-8-2-4-9(18)5-3-8/h2-7,14,18,20H,1H3,(H,15,17,19). The van der Waals surface area contributed by atoms with Gasteiger partial charge in [0.15, 0.2) is 5.84 Å². The third-order valence-corrected chi connectivity index (χ3v) is 3.10. The Bertz CT molecular complexity index is 676. The number of rotatable bonds is 2. The van der Waals surface area contributed by atoms with Gasteiger partial charge in [-0.2, -0.15) is 0 Å². The van der Waals surface area contributed by atoms with E-state index in [1.165, 1.54) is 12.1 Å². The lowest BCUT2D eigenvalue weighted by molar-refractivity contribution is -0.115. The zero-order valence-electron chi connectivity index (χ0n) is 11.1. The Morgan fingerprint density at radius 2 is 2.05 bits per heavy atom. The maximum absolute atomic E-state index is 11.9. The lowest BCUT2D eigenvalue weighted by atomic mass is 10.2. The van der Waals surface area contributed by atoms with Gasteiger partial charge in [-0.3, -0.25) is 4.79 Å². The van der Waals surface area contributed by atoms with E-state index >= 15 is 0 Å². The average Bonchev–Trinajstić information content (AvgIpc) is 2.95. The fourth-order valence-corrected chi connectivity index (χ4v) is 2.07. The Labute approximate surface area is 120 Å². The number of carbonyl (C=O) groups excluding carboxylic acids is 1.